The van der Waals surface area contributed by atoms with E-state index in [1.165, 1.54) is 25.7 Å². The predicted octanol–water partition coefficient (Wildman–Crippen LogP) is 3.54. The fourth-order valence-corrected chi connectivity index (χ4v) is 4.16. The van der Waals surface area contributed by atoms with Crippen molar-refractivity contribution < 1.29 is 8.42 Å². The lowest BCUT2D eigenvalue weighted by molar-refractivity contribution is 0.500. The molecule has 0 saturated heterocycles. The van der Waals surface area contributed by atoms with Crippen LogP contribution in [0.15, 0.2) is 0 Å². The Hall–Kier alpha value is 0.430. The van der Waals surface area contributed by atoms with E-state index in [9.17, 15) is 8.42 Å². The van der Waals surface area contributed by atoms with Crippen molar-refractivity contribution in [2.24, 2.45) is 5.92 Å². The van der Waals surface area contributed by atoms with Crippen LogP contribution < -0.4 is 0 Å². The molecule has 0 bridgehead atoms. The summed E-state index contributed by atoms with van der Waals surface area (Å²) in [6.45, 7) is 3.52. The molecule has 4 heteroatoms. The molecule has 0 aromatic heterocycles. The summed E-state index contributed by atoms with van der Waals surface area (Å²) >= 11 is 3.71. The van der Waals surface area contributed by atoms with Crippen LogP contribution in [-0.2, 0) is 9.84 Å². The Bertz CT molecular complexity index is 292. The molecule has 0 N–H and O–H groups in total. The van der Waals surface area contributed by atoms with Crippen LogP contribution >= 0.6 is 15.9 Å². The maximum atomic E-state index is 11.6. The van der Waals surface area contributed by atoms with Gasteiger partial charge in [0.05, 0.1) is 11.0 Å². The van der Waals surface area contributed by atoms with Crippen LogP contribution in [0.5, 0.6) is 0 Å². The highest BCUT2D eigenvalue weighted by atomic mass is 79.9. The Morgan fingerprint density at radius 3 is 2.31 bits per heavy atom. The summed E-state index contributed by atoms with van der Waals surface area (Å²) in [5.74, 6) is 1.13. The third-order valence-corrected chi connectivity index (χ3v) is 7.04. The van der Waals surface area contributed by atoms with Crippen LogP contribution in [0.1, 0.15) is 52.4 Å². The summed E-state index contributed by atoms with van der Waals surface area (Å²) in [6.07, 6.45) is 7.11. The van der Waals surface area contributed by atoms with E-state index in [1.54, 1.807) is 13.8 Å². The van der Waals surface area contributed by atoms with Gasteiger partial charge in [-0.25, -0.2) is 8.42 Å². The molecular weight excluding hydrogens is 288 g/mol. The number of rotatable bonds is 6. The van der Waals surface area contributed by atoms with Gasteiger partial charge < -0.3 is 0 Å². The molecule has 1 saturated carbocycles. The molecule has 0 heterocycles. The second kappa shape index (κ2) is 6.39. The van der Waals surface area contributed by atoms with E-state index in [-0.39, 0.29) is 5.25 Å². The van der Waals surface area contributed by atoms with E-state index in [0.29, 0.717) is 10.6 Å². The van der Waals surface area contributed by atoms with Crippen molar-refractivity contribution in [1.82, 2.24) is 0 Å². The highest BCUT2D eigenvalue weighted by molar-refractivity contribution is 9.09. The molecule has 0 aromatic rings. The Labute approximate surface area is 108 Å². The maximum Gasteiger partial charge on any atom is 0.152 e. The first-order chi connectivity index (χ1) is 7.43. The minimum absolute atomic E-state index is 0.229. The first-order valence-corrected chi connectivity index (χ1v) is 8.92. The lowest BCUT2D eigenvalue weighted by Crippen LogP contribution is -2.19. The first kappa shape index (κ1) is 14.5. The zero-order chi connectivity index (χ0) is 12.2. The van der Waals surface area contributed by atoms with Crippen LogP contribution in [0.4, 0.5) is 0 Å². The molecule has 1 aliphatic rings. The number of hydrogen-bond acceptors (Lipinski definition) is 2. The average molecular weight is 311 g/mol. The lowest BCUT2D eigenvalue weighted by Gasteiger charge is -2.17. The van der Waals surface area contributed by atoms with Crippen molar-refractivity contribution in [1.29, 1.82) is 0 Å². The van der Waals surface area contributed by atoms with E-state index in [4.69, 9.17) is 0 Å². The van der Waals surface area contributed by atoms with Gasteiger partial charge in [0.25, 0.3) is 0 Å². The van der Waals surface area contributed by atoms with Gasteiger partial charge in [-0.15, -0.1) is 0 Å². The fraction of sp³-hybridized carbons (Fsp3) is 1.00. The first-order valence-electron chi connectivity index (χ1n) is 6.29. The van der Waals surface area contributed by atoms with Gasteiger partial charge in [0.1, 0.15) is 0 Å². The van der Waals surface area contributed by atoms with E-state index < -0.39 is 9.84 Å². The molecule has 16 heavy (non-hydrogen) atoms. The molecule has 1 atom stereocenters. The third kappa shape index (κ3) is 4.36. The van der Waals surface area contributed by atoms with Crippen LogP contribution in [0.3, 0.4) is 0 Å². The van der Waals surface area contributed by atoms with Crippen LogP contribution in [-0.4, -0.2) is 24.2 Å². The molecule has 1 unspecified atom stereocenters. The summed E-state index contributed by atoms with van der Waals surface area (Å²) in [4.78, 5) is 0.525. The van der Waals surface area contributed by atoms with Gasteiger partial charge in [0, 0.05) is 4.83 Å². The fourth-order valence-electron chi connectivity index (χ4n) is 2.27. The second-order valence-electron chi connectivity index (χ2n) is 5.12. The number of alkyl halides is 1. The quantitative estimate of drug-likeness (QED) is 0.703. The second-order valence-corrected chi connectivity index (χ2v) is 8.97. The van der Waals surface area contributed by atoms with Crippen molar-refractivity contribution in [2.45, 2.75) is 62.4 Å². The molecule has 1 rings (SSSR count). The number of sulfone groups is 1. The molecule has 0 aliphatic heterocycles. The van der Waals surface area contributed by atoms with Gasteiger partial charge in [-0.3, -0.25) is 0 Å². The van der Waals surface area contributed by atoms with Crippen LogP contribution in [0.25, 0.3) is 0 Å². The molecule has 1 aliphatic carbocycles. The minimum Gasteiger partial charge on any atom is -0.229 e. The molecule has 0 amide bonds. The smallest absolute Gasteiger partial charge is 0.152 e. The Morgan fingerprint density at radius 2 is 1.81 bits per heavy atom. The minimum atomic E-state index is -2.84. The monoisotopic (exact) mass is 310 g/mol. The Kier molecular flexibility index (Phi) is 5.78. The zero-order valence-corrected chi connectivity index (χ0v) is 12.7. The zero-order valence-electron chi connectivity index (χ0n) is 10.3. The summed E-state index contributed by atoms with van der Waals surface area (Å²) in [5.41, 5.74) is 0. The van der Waals surface area contributed by atoms with Crippen LogP contribution in [0.2, 0.25) is 0 Å². The summed E-state index contributed by atoms with van der Waals surface area (Å²) < 4.78 is 23.2. The van der Waals surface area contributed by atoms with Gasteiger partial charge in [0.2, 0.25) is 0 Å². The summed E-state index contributed by atoms with van der Waals surface area (Å²) in [6, 6.07) is 0. The van der Waals surface area contributed by atoms with Crippen molar-refractivity contribution in [3.63, 3.8) is 0 Å². The topological polar surface area (TPSA) is 34.1 Å². The molecular formula is C12H23BrO2S. The molecule has 0 radical (unpaired) electrons. The molecule has 0 spiro atoms. The number of halogens is 1. The van der Waals surface area contributed by atoms with E-state index in [2.05, 4.69) is 15.9 Å². The highest BCUT2D eigenvalue weighted by Crippen LogP contribution is 2.33. The number of hydrogen-bond donors (Lipinski definition) is 0. The van der Waals surface area contributed by atoms with Crippen molar-refractivity contribution >= 4 is 25.8 Å². The molecule has 1 fully saturated rings. The van der Waals surface area contributed by atoms with Gasteiger partial charge in [-0.05, 0) is 45.4 Å². The van der Waals surface area contributed by atoms with Gasteiger partial charge >= 0.3 is 0 Å². The Morgan fingerprint density at radius 1 is 1.25 bits per heavy atom. The van der Waals surface area contributed by atoms with Gasteiger partial charge in [-0.1, -0.05) is 28.8 Å². The summed E-state index contributed by atoms with van der Waals surface area (Å²) in [7, 11) is -2.84. The average Bonchev–Trinajstić information content (AvgIpc) is 2.69. The highest BCUT2D eigenvalue weighted by Gasteiger charge is 2.23. The molecule has 2 nitrogen and oxygen atoms in total. The molecule has 96 valence electrons. The predicted molar refractivity (Wildman–Crippen MR) is 72.8 cm³/mol. The standard InChI is InChI=1S/C12H23BrO2S/c1-10(2)16(14,15)9-5-8-12(13)11-6-3-4-7-11/h10-12H,3-9H2,1-2H3. The lowest BCUT2D eigenvalue weighted by atomic mass is 10.0. The third-order valence-electron chi connectivity index (χ3n) is 3.54. The van der Waals surface area contributed by atoms with Gasteiger partial charge in [-0.2, -0.15) is 0 Å². The SMILES string of the molecule is CC(C)S(=O)(=O)CCCC(Br)C1CCCC1. The Balaban J connectivity index is 2.24. The van der Waals surface area contributed by atoms with E-state index in [0.717, 1.165) is 18.8 Å². The van der Waals surface area contributed by atoms with E-state index in [1.807, 2.05) is 0 Å². The maximum absolute atomic E-state index is 11.6. The van der Waals surface area contributed by atoms with Crippen molar-refractivity contribution in [3.05, 3.63) is 0 Å². The van der Waals surface area contributed by atoms with Crippen molar-refractivity contribution in [2.75, 3.05) is 5.75 Å². The molecule has 0 aromatic carbocycles. The van der Waals surface area contributed by atoms with Gasteiger partial charge in [0.15, 0.2) is 9.84 Å². The van der Waals surface area contributed by atoms with E-state index >= 15 is 0 Å². The van der Waals surface area contributed by atoms with Crippen molar-refractivity contribution in [3.8, 4) is 0 Å². The normalized spacial score (nSPS) is 20.5. The largest absolute Gasteiger partial charge is 0.229 e. The van der Waals surface area contributed by atoms with Crippen LogP contribution in [0, 0.1) is 5.92 Å². The summed E-state index contributed by atoms with van der Waals surface area (Å²) in [5, 5.41) is -0.229.